The molecule has 2 saturated heterocycles. The number of anilines is 3. The second-order valence-electron chi connectivity index (χ2n) is 10.7. The van der Waals surface area contributed by atoms with Crippen LogP contribution >= 0.6 is 0 Å². The number of ether oxygens (including phenoxy) is 1. The number of amides is 2. The number of benzene rings is 1. The van der Waals surface area contributed by atoms with Gasteiger partial charge >= 0.3 is 0 Å². The van der Waals surface area contributed by atoms with Gasteiger partial charge in [0.05, 0.1) is 29.9 Å². The number of hydrogen-bond donors (Lipinski definition) is 4. The van der Waals surface area contributed by atoms with Crippen molar-refractivity contribution in [1.82, 2.24) is 14.9 Å². The number of aromatic nitrogens is 2. The van der Waals surface area contributed by atoms with E-state index in [2.05, 4.69) is 20.6 Å². The Morgan fingerprint density at radius 1 is 1.12 bits per heavy atom. The van der Waals surface area contributed by atoms with Crippen LogP contribution in [0.15, 0.2) is 54.9 Å². The van der Waals surface area contributed by atoms with E-state index in [1.165, 1.54) is 0 Å². The van der Waals surface area contributed by atoms with Crippen LogP contribution < -0.4 is 16.4 Å². The first-order valence-electron chi connectivity index (χ1n) is 13.6. The van der Waals surface area contributed by atoms with E-state index in [0.717, 1.165) is 31.4 Å². The minimum Gasteiger partial charge on any atom is -0.383 e. The van der Waals surface area contributed by atoms with E-state index in [9.17, 15) is 9.59 Å². The molecule has 2 fully saturated rings. The molecule has 3 aromatic rings. The molecule has 5 rings (SSSR count). The van der Waals surface area contributed by atoms with Gasteiger partial charge in [-0.25, -0.2) is 9.97 Å². The Labute approximate surface area is 233 Å². The summed E-state index contributed by atoms with van der Waals surface area (Å²) in [6.45, 7) is 6.23. The van der Waals surface area contributed by atoms with E-state index in [-0.39, 0.29) is 29.4 Å². The number of likely N-dealkylation sites (tertiary alicyclic amines) is 1. The van der Waals surface area contributed by atoms with E-state index < -0.39 is 5.41 Å². The van der Waals surface area contributed by atoms with Gasteiger partial charge in [-0.05, 0) is 62.1 Å². The van der Waals surface area contributed by atoms with Crippen molar-refractivity contribution in [3.8, 4) is 0 Å². The summed E-state index contributed by atoms with van der Waals surface area (Å²) < 4.78 is 5.29. The fraction of sp³-hybridized carbons (Fsp3) is 0.367. The molecule has 10 heteroatoms. The molecular weight excluding hydrogens is 506 g/mol. The highest BCUT2D eigenvalue weighted by Crippen LogP contribution is 2.31. The number of piperidine rings is 1. The molecule has 0 spiro atoms. The molecule has 208 valence electrons. The molecule has 4 heterocycles. The van der Waals surface area contributed by atoms with Crippen molar-refractivity contribution in [2.45, 2.75) is 39.2 Å². The van der Waals surface area contributed by atoms with Crippen LogP contribution in [-0.4, -0.2) is 64.7 Å². The van der Waals surface area contributed by atoms with Crippen molar-refractivity contribution in [3.63, 3.8) is 0 Å². The zero-order valence-electron chi connectivity index (χ0n) is 22.9. The third-order valence-corrected chi connectivity index (χ3v) is 7.57. The van der Waals surface area contributed by atoms with E-state index in [4.69, 9.17) is 15.9 Å². The quantitative estimate of drug-likeness (QED) is 0.318. The highest BCUT2D eigenvalue weighted by atomic mass is 16.5. The van der Waals surface area contributed by atoms with Gasteiger partial charge in [-0.1, -0.05) is 19.1 Å². The molecule has 40 heavy (non-hydrogen) atoms. The molecule has 2 aliphatic heterocycles. The molecule has 0 radical (unpaired) electrons. The number of nitrogens with zero attached hydrogens (tertiary/aromatic N) is 3. The van der Waals surface area contributed by atoms with Crippen LogP contribution in [0.3, 0.4) is 0 Å². The Kier molecular flexibility index (Phi) is 7.79. The Morgan fingerprint density at radius 2 is 1.85 bits per heavy atom. The van der Waals surface area contributed by atoms with Crippen LogP contribution in [-0.2, 0) is 16.0 Å². The summed E-state index contributed by atoms with van der Waals surface area (Å²) in [4.78, 5) is 36.2. The number of rotatable bonds is 8. The largest absolute Gasteiger partial charge is 0.383 e. The van der Waals surface area contributed by atoms with Gasteiger partial charge in [-0.15, -0.1) is 0 Å². The van der Waals surface area contributed by atoms with Crippen LogP contribution in [0.4, 0.5) is 17.3 Å². The summed E-state index contributed by atoms with van der Waals surface area (Å²) in [5.74, 6) is 0.589. The second-order valence-corrected chi connectivity index (χ2v) is 10.7. The van der Waals surface area contributed by atoms with Crippen LogP contribution in [0.2, 0.25) is 0 Å². The first-order chi connectivity index (χ1) is 19.3. The highest BCUT2D eigenvalue weighted by molar-refractivity contribution is 6.17. The molecule has 2 aliphatic rings. The summed E-state index contributed by atoms with van der Waals surface area (Å²) in [6.07, 6.45) is 5.92. The maximum atomic E-state index is 13.0. The number of nitrogen functional groups attached to an aromatic ring is 1. The van der Waals surface area contributed by atoms with E-state index in [1.54, 1.807) is 42.7 Å². The van der Waals surface area contributed by atoms with Crippen molar-refractivity contribution in [3.05, 3.63) is 77.1 Å². The topological polar surface area (TPSA) is 146 Å². The SMILES string of the molecule is CCc1ccnc(NC(=O)c2ccc(C(=N)c3c(N[C@@H]4CCCN(C(=O)C5(C)COC5)C4)ccnc3N)cc2)c1. The van der Waals surface area contributed by atoms with Crippen molar-refractivity contribution in [2.75, 3.05) is 42.7 Å². The second kappa shape index (κ2) is 11.4. The van der Waals surface area contributed by atoms with E-state index >= 15 is 0 Å². The van der Waals surface area contributed by atoms with Crippen LogP contribution in [0.5, 0.6) is 0 Å². The molecule has 0 bridgehead atoms. The van der Waals surface area contributed by atoms with Crippen molar-refractivity contribution < 1.29 is 14.3 Å². The maximum absolute atomic E-state index is 13.0. The normalized spacial score (nSPS) is 17.9. The van der Waals surface area contributed by atoms with Crippen molar-refractivity contribution >= 4 is 34.8 Å². The number of carbonyl (C=O) groups is 2. The van der Waals surface area contributed by atoms with Crippen molar-refractivity contribution in [1.29, 1.82) is 5.41 Å². The maximum Gasteiger partial charge on any atom is 0.256 e. The lowest BCUT2D eigenvalue weighted by Gasteiger charge is -2.43. The standard InChI is InChI=1S/C30H35N7O3/c1-3-19-10-12-33-24(15-19)36-28(38)21-8-6-20(7-9-21)26(31)25-23(11-13-34-27(25)32)35-22-5-4-14-37(16-22)29(39)30(2)17-40-18-30/h6-13,15,22,31H,3-5,14,16-18H2,1-2H3,(H3,32,34,35)(H,33,36,38)/t22-/m1/s1. The Bertz CT molecular complexity index is 1420. The number of hydrogen-bond acceptors (Lipinski definition) is 8. The summed E-state index contributed by atoms with van der Waals surface area (Å²) in [5.41, 5.74) is 9.35. The van der Waals surface area contributed by atoms with Crippen LogP contribution in [0, 0.1) is 10.8 Å². The molecule has 0 saturated carbocycles. The van der Waals surface area contributed by atoms with Crippen LogP contribution in [0.1, 0.15) is 53.7 Å². The number of nitrogens with one attached hydrogen (secondary N) is 3. The highest BCUT2D eigenvalue weighted by Gasteiger charge is 2.44. The summed E-state index contributed by atoms with van der Waals surface area (Å²) in [7, 11) is 0. The zero-order valence-corrected chi connectivity index (χ0v) is 22.9. The molecule has 1 aromatic carbocycles. The van der Waals surface area contributed by atoms with Gasteiger partial charge < -0.3 is 26.0 Å². The number of carbonyl (C=O) groups excluding carboxylic acids is 2. The minimum absolute atomic E-state index is 0.0153. The zero-order chi connectivity index (χ0) is 28.3. The average Bonchev–Trinajstić information content (AvgIpc) is 2.95. The third-order valence-electron chi connectivity index (χ3n) is 7.57. The molecule has 2 aromatic heterocycles. The lowest BCUT2D eigenvalue weighted by molar-refractivity contribution is -0.169. The van der Waals surface area contributed by atoms with Gasteiger partial charge in [0.2, 0.25) is 5.91 Å². The van der Waals surface area contributed by atoms with E-state index in [1.807, 2.05) is 30.9 Å². The predicted octanol–water partition coefficient (Wildman–Crippen LogP) is 3.73. The Balaban J connectivity index is 1.29. The summed E-state index contributed by atoms with van der Waals surface area (Å²) in [6, 6.07) is 12.4. The van der Waals surface area contributed by atoms with Gasteiger partial charge in [0.25, 0.3) is 5.91 Å². The molecular formula is C30H35N7O3. The molecule has 10 nitrogen and oxygen atoms in total. The predicted molar refractivity (Wildman–Crippen MR) is 155 cm³/mol. The minimum atomic E-state index is -0.435. The third kappa shape index (κ3) is 5.67. The average molecular weight is 542 g/mol. The molecule has 1 atom stereocenters. The van der Waals surface area contributed by atoms with Crippen molar-refractivity contribution in [2.24, 2.45) is 5.41 Å². The fourth-order valence-corrected chi connectivity index (χ4v) is 5.16. The molecule has 0 aliphatic carbocycles. The lowest BCUT2D eigenvalue weighted by Crippen LogP contribution is -2.56. The van der Waals surface area contributed by atoms with Gasteiger partial charge in [-0.3, -0.25) is 15.0 Å². The van der Waals surface area contributed by atoms with Gasteiger partial charge in [0.1, 0.15) is 11.6 Å². The lowest BCUT2D eigenvalue weighted by atomic mass is 9.86. The number of aryl methyl sites for hydroxylation is 1. The first kappa shape index (κ1) is 27.3. The smallest absolute Gasteiger partial charge is 0.256 e. The summed E-state index contributed by atoms with van der Waals surface area (Å²) in [5, 5.41) is 15.3. The van der Waals surface area contributed by atoms with Gasteiger partial charge in [0.15, 0.2) is 0 Å². The first-order valence-corrected chi connectivity index (χ1v) is 13.6. The molecule has 2 amide bonds. The monoisotopic (exact) mass is 541 g/mol. The van der Waals surface area contributed by atoms with E-state index in [0.29, 0.717) is 48.0 Å². The van der Waals surface area contributed by atoms with Gasteiger partial charge in [-0.2, -0.15) is 0 Å². The summed E-state index contributed by atoms with van der Waals surface area (Å²) >= 11 is 0. The number of nitrogens with two attached hydrogens (primary N) is 1. The number of pyridine rings is 2. The van der Waals surface area contributed by atoms with Crippen LogP contribution in [0.25, 0.3) is 0 Å². The molecule has 0 unspecified atom stereocenters. The van der Waals surface area contributed by atoms with Gasteiger partial charge in [0, 0.05) is 48.3 Å². The Morgan fingerprint density at radius 3 is 2.55 bits per heavy atom. The molecule has 5 N–H and O–H groups in total. The fourth-order valence-electron chi connectivity index (χ4n) is 5.16. The Hall–Kier alpha value is -4.31.